The van der Waals surface area contributed by atoms with Gasteiger partial charge in [-0.05, 0) is 30.4 Å². The van der Waals surface area contributed by atoms with E-state index in [1.165, 1.54) is 13.0 Å². The van der Waals surface area contributed by atoms with Crippen molar-refractivity contribution in [3.05, 3.63) is 35.6 Å². The van der Waals surface area contributed by atoms with Crippen molar-refractivity contribution in [1.82, 2.24) is 10.2 Å². The first-order valence-corrected chi connectivity index (χ1v) is 8.15. The van der Waals surface area contributed by atoms with Gasteiger partial charge in [0.2, 0.25) is 11.8 Å². The highest BCUT2D eigenvalue weighted by Crippen LogP contribution is 2.08. The van der Waals surface area contributed by atoms with Crippen LogP contribution in [0.5, 0.6) is 0 Å². The van der Waals surface area contributed by atoms with E-state index in [4.69, 9.17) is 0 Å². The Morgan fingerprint density at radius 3 is 2.52 bits per heavy atom. The first-order chi connectivity index (χ1) is 10.9. The van der Waals surface area contributed by atoms with Gasteiger partial charge >= 0.3 is 0 Å². The number of carbonyl (C=O) groups is 2. The van der Waals surface area contributed by atoms with Crippen molar-refractivity contribution in [3.63, 3.8) is 0 Å². The molecule has 1 aromatic carbocycles. The third kappa shape index (κ3) is 7.77. The molecule has 0 saturated heterocycles. The van der Waals surface area contributed by atoms with Crippen LogP contribution in [0.15, 0.2) is 24.3 Å². The molecule has 0 fully saturated rings. The summed E-state index contributed by atoms with van der Waals surface area (Å²) < 4.78 is 13.6. The number of nitrogens with zero attached hydrogens (tertiary/aromatic N) is 1. The number of hydrogen-bond acceptors (Lipinski definition) is 2. The van der Waals surface area contributed by atoms with Crippen LogP contribution in [0.1, 0.15) is 39.2 Å². The van der Waals surface area contributed by atoms with Crippen molar-refractivity contribution >= 4 is 11.8 Å². The lowest BCUT2D eigenvalue weighted by Crippen LogP contribution is -2.35. The molecule has 0 spiro atoms. The molecule has 23 heavy (non-hydrogen) atoms. The van der Waals surface area contributed by atoms with Crippen molar-refractivity contribution < 1.29 is 14.0 Å². The number of carbonyl (C=O) groups excluding carboxylic acids is 2. The maximum absolute atomic E-state index is 13.6. The summed E-state index contributed by atoms with van der Waals surface area (Å²) in [4.78, 5) is 25.0. The van der Waals surface area contributed by atoms with E-state index < -0.39 is 0 Å². The van der Waals surface area contributed by atoms with Crippen LogP contribution in [-0.4, -0.2) is 36.3 Å². The predicted molar refractivity (Wildman–Crippen MR) is 89.4 cm³/mol. The average Bonchev–Trinajstić information content (AvgIpc) is 2.48. The second-order valence-corrected chi connectivity index (χ2v) is 6.13. The fourth-order valence-electron chi connectivity index (χ4n) is 2.21. The molecule has 1 N–H and O–H groups in total. The smallest absolute Gasteiger partial charge is 0.221 e. The first-order valence-electron chi connectivity index (χ1n) is 8.15. The molecule has 0 radical (unpaired) electrons. The standard InChI is InChI=1S/C18H27FN2O2/c1-14(2)8-11-20-18(23)10-13-21(15(3)22)12-9-16-6-4-5-7-17(16)19/h4-7,14H,8-13H2,1-3H3,(H,20,23). The third-order valence-electron chi connectivity index (χ3n) is 3.71. The Morgan fingerprint density at radius 2 is 1.91 bits per heavy atom. The fourth-order valence-corrected chi connectivity index (χ4v) is 2.21. The van der Waals surface area contributed by atoms with Crippen LogP contribution in [-0.2, 0) is 16.0 Å². The maximum atomic E-state index is 13.6. The summed E-state index contributed by atoms with van der Waals surface area (Å²) in [5, 5.41) is 2.85. The van der Waals surface area contributed by atoms with Gasteiger partial charge in [-0.15, -0.1) is 0 Å². The Kier molecular flexibility index (Phi) is 8.30. The normalized spacial score (nSPS) is 10.7. The summed E-state index contributed by atoms with van der Waals surface area (Å²) >= 11 is 0. The number of benzene rings is 1. The minimum Gasteiger partial charge on any atom is -0.356 e. The molecule has 1 rings (SSSR count). The number of nitrogens with one attached hydrogen (secondary N) is 1. The van der Waals surface area contributed by atoms with Crippen molar-refractivity contribution in [1.29, 1.82) is 0 Å². The Morgan fingerprint density at radius 1 is 1.22 bits per heavy atom. The molecule has 0 saturated carbocycles. The van der Waals surface area contributed by atoms with Crippen LogP contribution in [0.2, 0.25) is 0 Å². The summed E-state index contributed by atoms with van der Waals surface area (Å²) in [5.74, 6) is 0.131. The van der Waals surface area contributed by atoms with Crippen LogP contribution in [0.3, 0.4) is 0 Å². The fraction of sp³-hybridized carbons (Fsp3) is 0.556. The van der Waals surface area contributed by atoms with Crippen LogP contribution >= 0.6 is 0 Å². The van der Waals surface area contributed by atoms with E-state index in [0.29, 0.717) is 37.5 Å². The van der Waals surface area contributed by atoms with Crippen molar-refractivity contribution in [2.45, 2.75) is 40.0 Å². The van der Waals surface area contributed by atoms with Crippen LogP contribution in [0, 0.1) is 11.7 Å². The van der Waals surface area contributed by atoms with Crippen molar-refractivity contribution in [2.24, 2.45) is 5.92 Å². The number of hydrogen-bond donors (Lipinski definition) is 1. The van der Waals surface area contributed by atoms with Crippen molar-refractivity contribution in [2.75, 3.05) is 19.6 Å². The molecule has 128 valence electrons. The van der Waals surface area contributed by atoms with Crippen molar-refractivity contribution in [3.8, 4) is 0 Å². The zero-order valence-electron chi connectivity index (χ0n) is 14.3. The molecule has 1 aromatic rings. The molecule has 0 aliphatic rings. The molecule has 0 aliphatic heterocycles. The molecule has 0 heterocycles. The van der Waals surface area contributed by atoms with Gasteiger partial charge in [0.15, 0.2) is 0 Å². The third-order valence-corrected chi connectivity index (χ3v) is 3.71. The maximum Gasteiger partial charge on any atom is 0.221 e. The quantitative estimate of drug-likeness (QED) is 0.760. The van der Waals surface area contributed by atoms with Gasteiger partial charge < -0.3 is 10.2 Å². The zero-order chi connectivity index (χ0) is 17.2. The van der Waals surface area contributed by atoms with Gasteiger partial charge in [-0.1, -0.05) is 32.0 Å². The summed E-state index contributed by atoms with van der Waals surface area (Å²) in [5.41, 5.74) is 0.583. The summed E-state index contributed by atoms with van der Waals surface area (Å²) in [6, 6.07) is 6.55. The Bertz CT molecular complexity index is 517. The number of halogens is 1. The summed E-state index contributed by atoms with van der Waals surface area (Å²) in [7, 11) is 0. The SMILES string of the molecule is CC(=O)N(CCC(=O)NCCC(C)C)CCc1ccccc1F. The highest BCUT2D eigenvalue weighted by atomic mass is 19.1. The van der Waals surface area contributed by atoms with E-state index in [1.807, 2.05) is 0 Å². The molecule has 0 aromatic heterocycles. The van der Waals surface area contributed by atoms with Crippen LogP contribution < -0.4 is 5.32 Å². The second kappa shape index (κ2) is 9.98. The molecular weight excluding hydrogens is 295 g/mol. The van der Waals surface area contributed by atoms with Gasteiger partial charge in [0.05, 0.1) is 0 Å². The largest absolute Gasteiger partial charge is 0.356 e. The van der Waals surface area contributed by atoms with E-state index in [1.54, 1.807) is 23.1 Å². The number of amides is 2. The zero-order valence-corrected chi connectivity index (χ0v) is 14.3. The lowest BCUT2D eigenvalue weighted by atomic mass is 10.1. The first kappa shape index (κ1) is 19.1. The molecule has 0 bridgehead atoms. The Balaban J connectivity index is 2.39. The molecule has 0 atom stereocenters. The lowest BCUT2D eigenvalue weighted by Gasteiger charge is -2.21. The van der Waals surface area contributed by atoms with Gasteiger partial charge in [-0.25, -0.2) is 4.39 Å². The van der Waals surface area contributed by atoms with Gasteiger partial charge in [-0.3, -0.25) is 9.59 Å². The summed E-state index contributed by atoms with van der Waals surface area (Å²) in [6.45, 7) is 7.11. The highest BCUT2D eigenvalue weighted by Gasteiger charge is 2.12. The molecule has 0 unspecified atom stereocenters. The minimum atomic E-state index is -0.262. The van der Waals surface area contributed by atoms with Gasteiger partial charge in [0.1, 0.15) is 5.82 Å². The van der Waals surface area contributed by atoms with E-state index >= 15 is 0 Å². The van der Waals surface area contributed by atoms with E-state index in [0.717, 1.165) is 6.42 Å². The second-order valence-electron chi connectivity index (χ2n) is 6.13. The van der Waals surface area contributed by atoms with E-state index in [2.05, 4.69) is 19.2 Å². The molecule has 2 amide bonds. The van der Waals surface area contributed by atoms with Gasteiger partial charge in [-0.2, -0.15) is 0 Å². The Hall–Kier alpha value is -1.91. The van der Waals surface area contributed by atoms with Gasteiger partial charge in [0, 0.05) is 33.0 Å². The van der Waals surface area contributed by atoms with E-state index in [-0.39, 0.29) is 24.1 Å². The molecular formula is C18H27FN2O2. The number of rotatable bonds is 9. The molecule has 0 aliphatic carbocycles. The monoisotopic (exact) mass is 322 g/mol. The Labute approximate surface area is 138 Å². The predicted octanol–water partition coefficient (Wildman–Crippen LogP) is 2.77. The highest BCUT2D eigenvalue weighted by molar-refractivity contribution is 5.77. The van der Waals surface area contributed by atoms with Crippen LogP contribution in [0.4, 0.5) is 4.39 Å². The van der Waals surface area contributed by atoms with Gasteiger partial charge in [0.25, 0.3) is 0 Å². The minimum absolute atomic E-state index is 0.0530. The lowest BCUT2D eigenvalue weighted by molar-refractivity contribution is -0.129. The van der Waals surface area contributed by atoms with E-state index in [9.17, 15) is 14.0 Å². The molecule has 5 heteroatoms. The topological polar surface area (TPSA) is 49.4 Å². The van der Waals surface area contributed by atoms with Crippen LogP contribution in [0.25, 0.3) is 0 Å². The molecule has 4 nitrogen and oxygen atoms in total. The summed E-state index contributed by atoms with van der Waals surface area (Å²) in [6.07, 6.45) is 1.66. The average molecular weight is 322 g/mol.